The van der Waals surface area contributed by atoms with Crippen molar-refractivity contribution in [3.05, 3.63) is 76.8 Å². The molecule has 0 aliphatic carbocycles. The maximum absolute atomic E-state index is 12.8. The summed E-state index contributed by atoms with van der Waals surface area (Å²) in [6.07, 6.45) is 1.91. The van der Waals surface area contributed by atoms with Gasteiger partial charge in [-0.15, -0.1) is 6.58 Å². The average Bonchev–Trinajstić information content (AvgIpc) is 2.62. The number of benzene rings is 2. The first-order valence-electron chi connectivity index (χ1n) is 8.46. The molecule has 1 N–H and O–H groups in total. The predicted octanol–water partition coefficient (Wildman–Crippen LogP) is 5.52. The van der Waals surface area contributed by atoms with Crippen LogP contribution in [0.3, 0.4) is 0 Å². The molecule has 26 heavy (non-hydrogen) atoms. The molecule has 0 spiro atoms. The Bertz CT molecular complexity index is 751. The first-order valence-corrected chi connectivity index (χ1v) is 10.4. The molecule has 0 radical (unpaired) electrons. The van der Waals surface area contributed by atoms with E-state index in [0.29, 0.717) is 0 Å². The maximum atomic E-state index is 12.8. The lowest BCUT2D eigenvalue weighted by molar-refractivity contribution is 0.414. The fourth-order valence-corrected chi connectivity index (χ4v) is 3.73. The SMILES string of the molecule is C=C[C@H](c1ccc(Br)cc1)[C@@H](NS(=O)C(C)(C)C)c1ccc(OC)cc1. The maximum Gasteiger partial charge on any atom is 0.118 e. The van der Waals surface area contributed by atoms with Gasteiger partial charge >= 0.3 is 0 Å². The van der Waals surface area contributed by atoms with Gasteiger partial charge in [-0.05, 0) is 56.2 Å². The van der Waals surface area contributed by atoms with Crippen LogP contribution in [0, 0.1) is 0 Å². The van der Waals surface area contributed by atoms with Crippen LogP contribution in [-0.2, 0) is 11.0 Å². The standard InChI is InChI=1S/C21H26BrNO2S/c1-6-19(15-7-11-17(22)12-8-15)20(23-26(24)21(2,3)4)16-9-13-18(25-5)14-10-16/h6-14,19-20,23H,1H2,2-5H3/t19-,20+,26?/m1/s1. The quantitative estimate of drug-likeness (QED) is 0.581. The number of hydrogen-bond acceptors (Lipinski definition) is 2. The van der Waals surface area contributed by atoms with Crippen molar-refractivity contribution in [2.24, 2.45) is 0 Å². The molecule has 3 atom stereocenters. The Morgan fingerprint density at radius 2 is 1.62 bits per heavy atom. The Hall–Kier alpha value is -1.43. The summed E-state index contributed by atoms with van der Waals surface area (Å²) in [4.78, 5) is 0. The van der Waals surface area contributed by atoms with E-state index < -0.39 is 11.0 Å². The van der Waals surface area contributed by atoms with E-state index in [4.69, 9.17) is 4.74 Å². The lowest BCUT2D eigenvalue weighted by atomic mass is 9.88. The van der Waals surface area contributed by atoms with Gasteiger partial charge in [0.1, 0.15) is 5.75 Å². The minimum Gasteiger partial charge on any atom is -0.497 e. The minimum atomic E-state index is -1.21. The van der Waals surface area contributed by atoms with E-state index >= 15 is 0 Å². The Balaban J connectivity index is 2.44. The Morgan fingerprint density at radius 3 is 2.08 bits per heavy atom. The van der Waals surface area contributed by atoms with Gasteiger partial charge < -0.3 is 4.74 Å². The van der Waals surface area contributed by atoms with E-state index in [0.717, 1.165) is 21.3 Å². The van der Waals surface area contributed by atoms with Crippen molar-refractivity contribution < 1.29 is 8.95 Å². The molecule has 1 unspecified atom stereocenters. The molecule has 0 aliphatic heterocycles. The minimum absolute atomic E-state index is 0.0252. The van der Waals surface area contributed by atoms with Crippen molar-refractivity contribution in [1.29, 1.82) is 0 Å². The largest absolute Gasteiger partial charge is 0.497 e. The first-order chi connectivity index (χ1) is 12.3. The number of halogens is 1. The molecule has 2 rings (SSSR count). The van der Waals surface area contributed by atoms with Gasteiger partial charge in [-0.25, -0.2) is 8.93 Å². The fraction of sp³-hybridized carbons (Fsp3) is 0.333. The van der Waals surface area contributed by atoms with Crippen LogP contribution < -0.4 is 9.46 Å². The molecular formula is C21H26BrNO2S. The zero-order valence-electron chi connectivity index (χ0n) is 15.7. The molecule has 3 nitrogen and oxygen atoms in total. The molecule has 2 aromatic rings. The van der Waals surface area contributed by atoms with E-state index in [1.54, 1.807) is 7.11 Å². The van der Waals surface area contributed by atoms with Gasteiger partial charge in [-0.3, -0.25) is 0 Å². The highest BCUT2D eigenvalue weighted by Gasteiger charge is 2.28. The average molecular weight is 436 g/mol. The van der Waals surface area contributed by atoms with E-state index in [9.17, 15) is 4.21 Å². The number of methoxy groups -OCH3 is 1. The third-order valence-corrected chi connectivity index (χ3v) is 6.24. The van der Waals surface area contributed by atoms with Crippen LogP contribution >= 0.6 is 15.9 Å². The van der Waals surface area contributed by atoms with Crippen LogP contribution in [0.4, 0.5) is 0 Å². The van der Waals surface area contributed by atoms with E-state index in [1.165, 1.54) is 0 Å². The van der Waals surface area contributed by atoms with Crippen LogP contribution in [-0.4, -0.2) is 16.1 Å². The summed E-state index contributed by atoms with van der Waals surface area (Å²) in [7, 11) is 0.433. The lowest BCUT2D eigenvalue weighted by Gasteiger charge is -2.29. The van der Waals surface area contributed by atoms with Crippen LogP contribution in [0.15, 0.2) is 65.7 Å². The fourth-order valence-electron chi connectivity index (χ4n) is 2.60. The second kappa shape index (κ2) is 8.98. The number of nitrogens with one attached hydrogen (secondary N) is 1. The highest BCUT2D eigenvalue weighted by Crippen LogP contribution is 2.34. The summed E-state index contributed by atoms with van der Waals surface area (Å²) >= 11 is 3.48. The molecular weight excluding hydrogens is 410 g/mol. The highest BCUT2D eigenvalue weighted by atomic mass is 79.9. The van der Waals surface area contributed by atoms with Gasteiger partial charge in [0.05, 0.1) is 28.9 Å². The van der Waals surface area contributed by atoms with Crippen LogP contribution in [0.5, 0.6) is 5.75 Å². The number of ether oxygens (including phenoxy) is 1. The molecule has 0 heterocycles. The van der Waals surface area contributed by atoms with Crippen molar-refractivity contribution in [2.75, 3.05) is 7.11 Å². The van der Waals surface area contributed by atoms with Crippen molar-refractivity contribution >= 4 is 26.9 Å². The molecule has 0 fully saturated rings. The second-order valence-corrected chi connectivity index (χ2v) is 9.98. The zero-order chi connectivity index (χ0) is 19.3. The molecule has 0 saturated heterocycles. The van der Waals surface area contributed by atoms with Crippen molar-refractivity contribution in [2.45, 2.75) is 37.5 Å². The monoisotopic (exact) mass is 435 g/mol. The molecule has 2 aromatic carbocycles. The van der Waals surface area contributed by atoms with Gasteiger partial charge in [0, 0.05) is 10.4 Å². The molecule has 140 valence electrons. The summed E-state index contributed by atoms with van der Waals surface area (Å²) in [5.41, 5.74) is 2.15. The third-order valence-electron chi connectivity index (χ3n) is 4.13. The summed E-state index contributed by atoms with van der Waals surface area (Å²) in [5, 5.41) is 0. The lowest BCUT2D eigenvalue weighted by Crippen LogP contribution is -2.37. The van der Waals surface area contributed by atoms with Gasteiger partial charge in [-0.1, -0.05) is 46.3 Å². The summed E-state index contributed by atoms with van der Waals surface area (Å²) in [5.74, 6) is 0.769. The zero-order valence-corrected chi connectivity index (χ0v) is 18.1. The number of hydrogen-bond donors (Lipinski definition) is 1. The Labute approximate surface area is 167 Å². The van der Waals surface area contributed by atoms with E-state index in [2.05, 4.69) is 39.4 Å². The van der Waals surface area contributed by atoms with Crippen molar-refractivity contribution in [3.63, 3.8) is 0 Å². The van der Waals surface area contributed by atoms with Crippen molar-refractivity contribution in [1.82, 2.24) is 4.72 Å². The molecule has 0 bridgehead atoms. The van der Waals surface area contributed by atoms with E-state index in [1.807, 2.05) is 63.2 Å². The van der Waals surface area contributed by atoms with Crippen LogP contribution in [0.25, 0.3) is 0 Å². The second-order valence-electron chi connectivity index (χ2n) is 7.06. The first kappa shape index (κ1) is 20.9. The molecule has 0 aromatic heterocycles. The highest BCUT2D eigenvalue weighted by molar-refractivity contribution is 9.10. The molecule has 0 aliphatic rings. The van der Waals surface area contributed by atoms with Gasteiger partial charge in [0.25, 0.3) is 0 Å². The van der Waals surface area contributed by atoms with Gasteiger partial charge in [-0.2, -0.15) is 0 Å². The number of rotatable bonds is 7. The normalized spacial score (nSPS) is 15.1. The third kappa shape index (κ3) is 5.29. The topological polar surface area (TPSA) is 38.3 Å². The Morgan fingerprint density at radius 1 is 1.08 bits per heavy atom. The van der Waals surface area contributed by atoms with Crippen LogP contribution in [0.2, 0.25) is 0 Å². The van der Waals surface area contributed by atoms with Gasteiger partial charge in [0.2, 0.25) is 0 Å². The summed E-state index contributed by atoms with van der Waals surface area (Å²) in [6, 6.07) is 15.8. The van der Waals surface area contributed by atoms with Gasteiger partial charge in [0.15, 0.2) is 0 Å². The van der Waals surface area contributed by atoms with Crippen molar-refractivity contribution in [3.8, 4) is 5.75 Å². The molecule has 0 amide bonds. The molecule has 5 heteroatoms. The Kier molecular flexibility index (Phi) is 7.21. The van der Waals surface area contributed by atoms with Crippen LogP contribution in [0.1, 0.15) is 43.9 Å². The van der Waals surface area contributed by atoms with E-state index in [-0.39, 0.29) is 16.7 Å². The summed E-state index contributed by atoms with van der Waals surface area (Å²) in [6.45, 7) is 9.92. The molecule has 0 saturated carbocycles. The predicted molar refractivity (Wildman–Crippen MR) is 114 cm³/mol. The summed E-state index contributed by atoms with van der Waals surface area (Å²) < 4.78 is 22.1. The smallest absolute Gasteiger partial charge is 0.118 e.